The number of nitrogens with zero attached hydrogens (tertiary/aromatic N) is 6. The maximum Gasteiger partial charge on any atom is 0.146 e. The molecular formula is C43H34N6. The third kappa shape index (κ3) is 5.47. The first-order valence-electron chi connectivity index (χ1n) is 16.4. The first-order valence-corrected chi connectivity index (χ1v) is 16.4. The summed E-state index contributed by atoms with van der Waals surface area (Å²) in [6.45, 7) is 10.4. The molecule has 0 saturated carbocycles. The second-order valence-electron chi connectivity index (χ2n) is 12.3. The van der Waals surface area contributed by atoms with Crippen LogP contribution in [0.25, 0.3) is 55.7 Å². The Morgan fingerprint density at radius 2 is 1.59 bits per heavy atom. The van der Waals surface area contributed by atoms with E-state index in [9.17, 15) is 0 Å². The maximum absolute atomic E-state index is 5.16. The summed E-state index contributed by atoms with van der Waals surface area (Å²) in [5.41, 5.74) is 12.9. The normalized spacial score (nSPS) is 14.6. The smallest absolute Gasteiger partial charge is 0.146 e. The zero-order valence-electron chi connectivity index (χ0n) is 27.7. The molecule has 4 heterocycles. The third-order valence-electron chi connectivity index (χ3n) is 9.21. The van der Waals surface area contributed by atoms with Crippen LogP contribution in [0.3, 0.4) is 0 Å². The average molecular weight is 635 g/mol. The van der Waals surface area contributed by atoms with Crippen molar-refractivity contribution in [2.45, 2.75) is 27.2 Å². The van der Waals surface area contributed by atoms with E-state index in [2.05, 4.69) is 113 Å². The van der Waals surface area contributed by atoms with E-state index in [0.29, 0.717) is 6.42 Å². The quantitative estimate of drug-likeness (QED) is 0.143. The Balaban J connectivity index is 1.15. The number of pyridine rings is 3. The molecule has 0 spiro atoms. The zero-order valence-corrected chi connectivity index (χ0v) is 27.7. The number of hydrogen-bond acceptors (Lipinski definition) is 5. The van der Waals surface area contributed by atoms with Crippen LogP contribution in [0.2, 0.25) is 0 Å². The summed E-state index contributed by atoms with van der Waals surface area (Å²) in [5.74, 6) is 0.837. The zero-order chi connectivity index (χ0) is 33.5. The van der Waals surface area contributed by atoms with Crippen molar-refractivity contribution in [1.82, 2.24) is 19.5 Å². The van der Waals surface area contributed by atoms with Crippen molar-refractivity contribution in [2.24, 2.45) is 9.98 Å². The molecule has 1 aliphatic carbocycles. The molecule has 49 heavy (non-hydrogen) atoms. The van der Waals surface area contributed by atoms with Crippen LogP contribution >= 0.6 is 0 Å². The van der Waals surface area contributed by atoms with Gasteiger partial charge in [0.05, 0.1) is 33.8 Å². The van der Waals surface area contributed by atoms with Crippen LogP contribution in [0.5, 0.6) is 0 Å². The van der Waals surface area contributed by atoms with Crippen molar-refractivity contribution in [3.05, 3.63) is 156 Å². The highest BCUT2D eigenvalue weighted by atomic mass is 15.1. The number of fused-ring (bicyclic) bond motifs is 5. The van der Waals surface area contributed by atoms with Crippen LogP contribution in [0.1, 0.15) is 36.2 Å². The van der Waals surface area contributed by atoms with Crippen LogP contribution in [-0.2, 0) is 6.42 Å². The molecule has 0 radical (unpaired) electrons. The molecule has 0 unspecified atom stereocenters. The van der Waals surface area contributed by atoms with E-state index < -0.39 is 0 Å². The lowest BCUT2D eigenvalue weighted by molar-refractivity contribution is 1.13. The number of rotatable bonds is 4. The van der Waals surface area contributed by atoms with Gasteiger partial charge in [-0.05, 0) is 90.6 Å². The highest BCUT2D eigenvalue weighted by Crippen LogP contribution is 2.34. The van der Waals surface area contributed by atoms with Gasteiger partial charge in [0.1, 0.15) is 11.5 Å². The molecule has 0 aliphatic heterocycles. The van der Waals surface area contributed by atoms with E-state index in [1.54, 1.807) is 0 Å². The Morgan fingerprint density at radius 3 is 2.45 bits per heavy atom. The van der Waals surface area contributed by atoms with Crippen molar-refractivity contribution in [3.63, 3.8) is 0 Å². The molecule has 236 valence electrons. The van der Waals surface area contributed by atoms with Crippen LogP contribution in [0.4, 0.5) is 5.69 Å². The van der Waals surface area contributed by atoms with Gasteiger partial charge in [0.2, 0.25) is 0 Å². The molecule has 0 amide bonds. The number of aryl methyl sites for hydroxylation is 1. The first kappa shape index (κ1) is 30.1. The molecule has 7 aromatic rings. The average Bonchev–Trinajstić information content (AvgIpc) is 3.38. The molecule has 6 nitrogen and oxygen atoms in total. The fraction of sp³-hybridized carbons (Fsp3) is 0.0930. The van der Waals surface area contributed by atoms with Gasteiger partial charge in [0.15, 0.2) is 0 Å². The Hall–Kier alpha value is -6.27. The summed E-state index contributed by atoms with van der Waals surface area (Å²) in [5, 5.41) is 3.28. The number of aliphatic imine (C=N–C) groups is 2. The minimum atomic E-state index is 0.641. The molecule has 0 bridgehead atoms. The highest BCUT2D eigenvalue weighted by molar-refractivity contribution is 6.14. The van der Waals surface area contributed by atoms with Crippen LogP contribution in [0, 0.1) is 6.92 Å². The van der Waals surface area contributed by atoms with Gasteiger partial charge in [0, 0.05) is 41.2 Å². The van der Waals surface area contributed by atoms with Gasteiger partial charge in [-0.25, -0.2) is 9.98 Å². The maximum atomic E-state index is 5.16. The summed E-state index contributed by atoms with van der Waals surface area (Å²) in [6.07, 6.45) is 12.3. The summed E-state index contributed by atoms with van der Waals surface area (Å²) in [6, 6.07) is 31.6. The van der Waals surface area contributed by atoms with Crippen LogP contribution in [-0.4, -0.2) is 31.1 Å². The Kier molecular flexibility index (Phi) is 7.61. The topological polar surface area (TPSA) is 68.3 Å². The minimum Gasteiger partial charge on any atom is -0.282 e. The number of hydrogen-bond donors (Lipinski definition) is 0. The van der Waals surface area contributed by atoms with Gasteiger partial charge < -0.3 is 0 Å². The Bertz CT molecular complexity index is 2560. The summed E-state index contributed by atoms with van der Waals surface area (Å²) in [7, 11) is 0. The van der Waals surface area contributed by atoms with Gasteiger partial charge in [-0.1, -0.05) is 79.4 Å². The molecule has 1 aliphatic rings. The van der Waals surface area contributed by atoms with Crippen molar-refractivity contribution in [1.29, 1.82) is 0 Å². The second-order valence-corrected chi connectivity index (χ2v) is 12.3. The number of aromatic nitrogens is 4. The number of allylic oxidation sites excluding steroid dienone is 3. The fourth-order valence-electron chi connectivity index (χ4n) is 6.63. The number of benzene rings is 3. The highest BCUT2D eigenvalue weighted by Gasteiger charge is 2.17. The molecule has 3 aromatic carbocycles. The van der Waals surface area contributed by atoms with E-state index in [1.165, 1.54) is 0 Å². The third-order valence-corrected chi connectivity index (χ3v) is 9.21. The molecule has 0 saturated heterocycles. The van der Waals surface area contributed by atoms with Crippen LogP contribution in [0.15, 0.2) is 144 Å². The molecule has 0 fully saturated rings. The Morgan fingerprint density at radius 1 is 0.816 bits per heavy atom. The fourth-order valence-corrected chi connectivity index (χ4v) is 6.63. The van der Waals surface area contributed by atoms with Gasteiger partial charge in [-0.2, -0.15) is 0 Å². The SMILES string of the molecule is C=C1C=Cc2cccnc2CC1=N/C(=C\C)c1ccc(-c2ccc3c(c2)c2cccnc2n3C(C)=Nc2c(C)ccc3cccnc23)cc1. The summed E-state index contributed by atoms with van der Waals surface area (Å²) >= 11 is 0. The molecule has 0 N–H and O–H groups in total. The largest absolute Gasteiger partial charge is 0.282 e. The van der Waals surface area contributed by atoms with Gasteiger partial charge in [0.25, 0.3) is 0 Å². The van der Waals surface area contributed by atoms with Crippen molar-refractivity contribution in [3.8, 4) is 11.1 Å². The lowest BCUT2D eigenvalue weighted by Gasteiger charge is -2.10. The predicted molar refractivity (Wildman–Crippen MR) is 205 cm³/mol. The van der Waals surface area contributed by atoms with E-state index >= 15 is 0 Å². The lowest BCUT2D eigenvalue weighted by atomic mass is 10.0. The molecule has 0 atom stereocenters. The van der Waals surface area contributed by atoms with E-state index in [1.807, 2.05) is 56.7 Å². The monoisotopic (exact) mass is 634 g/mol. The van der Waals surface area contributed by atoms with Gasteiger partial charge >= 0.3 is 0 Å². The van der Waals surface area contributed by atoms with Gasteiger partial charge in [-0.3, -0.25) is 19.5 Å². The lowest BCUT2D eigenvalue weighted by Crippen LogP contribution is -2.07. The van der Waals surface area contributed by atoms with E-state index in [4.69, 9.17) is 15.0 Å². The standard InChI is InChI=1S/C43H34N6/c1-5-37(48-38-26-39-31(9-6-22-44-39)14-12-27(38)2)32-18-16-30(17-19-32)34-20-21-40-36(25-34)35-11-8-24-46-43(35)49(40)29(4)47-41-28(3)13-15-33-10-7-23-45-42(33)41/h5-25H,2,26H2,1,3-4H3/b37-5-,47-29?,48-38?. The van der Waals surface area contributed by atoms with E-state index in [-0.39, 0.29) is 0 Å². The van der Waals surface area contributed by atoms with Crippen molar-refractivity contribution >= 4 is 61.8 Å². The predicted octanol–water partition coefficient (Wildman–Crippen LogP) is 10.3. The summed E-state index contributed by atoms with van der Waals surface area (Å²) < 4.78 is 2.15. The first-order chi connectivity index (χ1) is 24.0. The molecule has 4 aromatic heterocycles. The Labute approximate surface area is 285 Å². The summed E-state index contributed by atoms with van der Waals surface area (Å²) in [4.78, 5) is 24.3. The van der Waals surface area contributed by atoms with Crippen LogP contribution < -0.4 is 0 Å². The molecular weight excluding hydrogens is 601 g/mol. The van der Waals surface area contributed by atoms with Crippen molar-refractivity contribution < 1.29 is 0 Å². The van der Waals surface area contributed by atoms with E-state index in [0.717, 1.165) is 94.9 Å². The molecule has 8 rings (SSSR count). The van der Waals surface area contributed by atoms with Gasteiger partial charge in [-0.15, -0.1) is 0 Å². The second kappa shape index (κ2) is 12.4. The van der Waals surface area contributed by atoms with Crippen molar-refractivity contribution in [2.75, 3.05) is 0 Å². The molecule has 6 heteroatoms. The minimum absolute atomic E-state index is 0.641.